The SMILES string of the molecule is CC(C)(C)C(=O)ON1CC(c2cc(Cl)nc(-c3ccccc3Cl)n2)C1. The van der Waals surface area contributed by atoms with Gasteiger partial charge in [0.05, 0.1) is 16.1 Å². The van der Waals surface area contributed by atoms with E-state index in [1.807, 2.05) is 39.0 Å². The van der Waals surface area contributed by atoms with Gasteiger partial charge in [0.2, 0.25) is 0 Å². The van der Waals surface area contributed by atoms with Crippen LogP contribution in [0.25, 0.3) is 11.4 Å². The molecule has 0 amide bonds. The van der Waals surface area contributed by atoms with Crippen molar-refractivity contribution in [2.75, 3.05) is 13.1 Å². The van der Waals surface area contributed by atoms with Crippen molar-refractivity contribution < 1.29 is 9.63 Å². The van der Waals surface area contributed by atoms with Gasteiger partial charge in [0.25, 0.3) is 0 Å². The van der Waals surface area contributed by atoms with Gasteiger partial charge in [-0.25, -0.2) is 14.8 Å². The molecule has 5 nitrogen and oxygen atoms in total. The highest BCUT2D eigenvalue weighted by Gasteiger charge is 2.35. The fourth-order valence-corrected chi connectivity index (χ4v) is 2.77. The molecule has 1 aliphatic heterocycles. The van der Waals surface area contributed by atoms with Crippen LogP contribution in [0.5, 0.6) is 0 Å². The van der Waals surface area contributed by atoms with Gasteiger partial charge in [-0.2, -0.15) is 0 Å². The van der Waals surface area contributed by atoms with Crippen molar-refractivity contribution in [2.24, 2.45) is 5.41 Å². The molecule has 0 bridgehead atoms. The zero-order valence-corrected chi connectivity index (χ0v) is 15.8. The van der Waals surface area contributed by atoms with Crippen LogP contribution in [0.4, 0.5) is 0 Å². The average Bonchev–Trinajstić information content (AvgIpc) is 2.49. The standard InChI is InChI=1S/C18H19Cl2N3O2/c1-18(2,3)17(24)25-23-9-11(10-23)14-8-15(20)22-16(21-14)12-6-4-5-7-13(12)19/h4-8,11H,9-10H2,1-3H3. The van der Waals surface area contributed by atoms with Crippen molar-refractivity contribution in [1.82, 2.24) is 15.0 Å². The Morgan fingerprint density at radius 3 is 2.52 bits per heavy atom. The summed E-state index contributed by atoms with van der Waals surface area (Å²) in [6.07, 6.45) is 0. The van der Waals surface area contributed by atoms with E-state index in [9.17, 15) is 4.79 Å². The minimum absolute atomic E-state index is 0.134. The maximum atomic E-state index is 11.9. The lowest BCUT2D eigenvalue weighted by Gasteiger charge is -2.38. The predicted octanol–water partition coefficient (Wildman–Crippen LogP) is 4.35. The summed E-state index contributed by atoms with van der Waals surface area (Å²) in [6, 6.07) is 9.12. The molecular weight excluding hydrogens is 361 g/mol. The maximum absolute atomic E-state index is 11.9. The zero-order valence-electron chi connectivity index (χ0n) is 14.3. The molecule has 0 saturated carbocycles. The summed E-state index contributed by atoms with van der Waals surface area (Å²) in [4.78, 5) is 26.2. The molecule has 25 heavy (non-hydrogen) atoms. The van der Waals surface area contributed by atoms with E-state index in [1.54, 1.807) is 17.2 Å². The summed E-state index contributed by atoms with van der Waals surface area (Å²) < 4.78 is 0. The summed E-state index contributed by atoms with van der Waals surface area (Å²) in [7, 11) is 0. The van der Waals surface area contributed by atoms with E-state index in [1.165, 1.54) is 0 Å². The summed E-state index contributed by atoms with van der Waals surface area (Å²) >= 11 is 12.4. The van der Waals surface area contributed by atoms with Crippen molar-refractivity contribution >= 4 is 29.2 Å². The predicted molar refractivity (Wildman–Crippen MR) is 97.3 cm³/mol. The van der Waals surface area contributed by atoms with Crippen LogP contribution in [0.15, 0.2) is 30.3 Å². The smallest absolute Gasteiger partial charge is 0.330 e. The van der Waals surface area contributed by atoms with Gasteiger partial charge < -0.3 is 4.84 Å². The van der Waals surface area contributed by atoms with Crippen LogP contribution in [0.3, 0.4) is 0 Å². The van der Waals surface area contributed by atoms with Crippen molar-refractivity contribution in [3.05, 3.63) is 46.2 Å². The second-order valence-corrected chi connectivity index (χ2v) is 7.89. The van der Waals surface area contributed by atoms with Gasteiger partial charge in [0.15, 0.2) is 5.82 Å². The fraction of sp³-hybridized carbons (Fsp3) is 0.389. The first kappa shape index (κ1) is 18.1. The number of carbonyl (C=O) groups excluding carboxylic acids is 1. The van der Waals surface area contributed by atoms with E-state index in [0.717, 1.165) is 11.3 Å². The molecule has 0 unspecified atom stereocenters. The van der Waals surface area contributed by atoms with Crippen LogP contribution in [-0.4, -0.2) is 34.1 Å². The Hall–Kier alpha value is -1.69. The van der Waals surface area contributed by atoms with E-state index in [0.29, 0.717) is 29.1 Å². The normalized spacial score (nSPS) is 15.7. The van der Waals surface area contributed by atoms with Gasteiger partial charge >= 0.3 is 5.97 Å². The third kappa shape index (κ3) is 4.11. The van der Waals surface area contributed by atoms with Crippen LogP contribution in [0, 0.1) is 5.41 Å². The second kappa shape index (κ2) is 6.90. The fourth-order valence-electron chi connectivity index (χ4n) is 2.36. The molecule has 1 fully saturated rings. The molecule has 1 aromatic heterocycles. The molecule has 1 aliphatic rings. The molecule has 7 heteroatoms. The van der Waals surface area contributed by atoms with Gasteiger partial charge in [0, 0.05) is 24.6 Å². The third-order valence-corrected chi connectivity index (χ3v) is 4.44. The van der Waals surface area contributed by atoms with Crippen LogP contribution >= 0.6 is 23.2 Å². The molecule has 0 atom stereocenters. The highest BCUT2D eigenvalue weighted by atomic mass is 35.5. The Balaban J connectivity index is 1.73. The molecule has 1 saturated heterocycles. The summed E-state index contributed by atoms with van der Waals surface area (Å²) in [5, 5.41) is 2.58. The molecule has 0 spiro atoms. The number of halogens is 2. The highest BCUT2D eigenvalue weighted by Crippen LogP contribution is 2.31. The lowest BCUT2D eigenvalue weighted by Crippen LogP contribution is -2.47. The molecule has 132 valence electrons. The van der Waals surface area contributed by atoms with E-state index in [2.05, 4.69) is 9.97 Å². The first-order chi connectivity index (χ1) is 11.7. The van der Waals surface area contributed by atoms with Crippen molar-refractivity contribution in [3.63, 3.8) is 0 Å². The van der Waals surface area contributed by atoms with Gasteiger partial charge in [-0.3, -0.25) is 0 Å². The monoisotopic (exact) mass is 379 g/mol. The van der Waals surface area contributed by atoms with E-state index >= 15 is 0 Å². The average molecular weight is 380 g/mol. The highest BCUT2D eigenvalue weighted by molar-refractivity contribution is 6.33. The number of benzene rings is 1. The quantitative estimate of drug-likeness (QED) is 0.741. The second-order valence-electron chi connectivity index (χ2n) is 7.09. The van der Waals surface area contributed by atoms with Crippen LogP contribution in [0.1, 0.15) is 32.4 Å². The summed E-state index contributed by atoms with van der Waals surface area (Å²) in [6.45, 7) is 6.64. The third-order valence-electron chi connectivity index (χ3n) is 3.92. The lowest BCUT2D eigenvalue weighted by molar-refractivity contribution is -0.221. The van der Waals surface area contributed by atoms with Crippen LogP contribution < -0.4 is 0 Å². The molecule has 0 radical (unpaired) electrons. The zero-order chi connectivity index (χ0) is 18.2. The molecule has 0 N–H and O–H groups in total. The summed E-state index contributed by atoms with van der Waals surface area (Å²) in [5.41, 5.74) is 1.03. The van der Waals surface area contributed by atoms with Gasteiger partial charge in [0.1, 0.15) is 5.15 Å². The molecule has 1 aromatic carbocycles. The Kier molecular flexibility index (Phi) is 5.00. The number of hydroxylamine groups is 2. The molecule has 0 aliphatic carbocycles. The molecule has 2 aromatic rings. The lowest BCUT2D eigenvalue weighted by atomic mass is 9.97. The number of rotatable bonds is 3. The van der Waals surface area contributed by atoms with Crippen molar-refractivity contribution in [3.8, 4) is 11.4 Å². The number of hydrogen-bond acceptors (Lipinski definition) is 5. The number of hydrogen-bond donors (Lipinski definition) is 0. The van der Waals surface area contributed by atoms with Crippen molar-refractivity contribution in [1.29, 1.82) is 0 Å². The minimum atomic E-state index is -0.527. The Labute approximate surface area is 156 Å². The Morgan fingerprint density at radius 2 is 1.88 bits per heavy atom. The van der Waals surface area contributed by atoms with E-state index in [4.69, 9.17) is 28.0 Å². The largest absolute Gasteiger partial charge is 0.367 e. The Bertz CT molecular complexity index is 799. The first-order valence-electron chi connectivity index (χ1n) is 8.01. The molecule has 2 heterocycles. The van der Waals surface area contributed by atoms with Gasteiger partial charge in [-0.1, -0.05) is 35.3 Å². The first-order valence-corrected chi connectivity index (χ1v) is 8.76. The van der Waals surface area contributed by atoms with E-state index < -0.39 is 5.41 Å². The number of nitrogens with zero attached hydrogens (tertiary/aromatic N) is 3. The molecular formula is C18H19Cl2N3O2. The van der Waals surface area contributed by atoms with Crippen molar-refractivity contribution in [2.45, 2.75) is 26.7 Å². The van der Waals surface area contributed by atoms with Gasteiger partial charge in [-0.15, -0.1) is 5.06 Å². The van der Waals surface area contributed by atoms with Crippen LogP contribution in [-0.2, 0) is 9.63 Å². The molecule has 3 rings (SSSR count). The number of aromatic nitrogens is 2. The maximum Gasteiger partial charge on any atom is 0.330 e. The van der Waals surface area contributed by atoms with Gasteiger partial charge in [-0.05, 0) is 39.0 Å². The van der Waals surface area contributed by atoms with Crippen LogP contribution in [0.2, 0.25) is 10.2 Å². The van der Waals surface area contributed by atoms with E-state index in [-0.39, 0.29) is 11.9 Å². The summed E-state index contributed by atoms with van der Waals surface area (Å²) in [5.74, 6) is 0.385. The Morgan fingerprint density at radius 1 is 1.20 bits per heavy atom. The number of carbonyl (C=O) groups is 1. The topological polar surface area (TPSA) is 55.3 Å². The minimum Gasteiger partial charge on any atom is -0.367 e.